The van der Waals surface area contributed by atoms with Gasteiger partial charge in [0.05, 0.1) is 4.91 Å². The maximum absolute atomic E-state index is 12.9. The molecule has 5 heteroatoms. The van der Waals surface area contributed by atoms with Crippen molar-refractivity contribution in [2.24, 2.45) is 0 Å². The molecule has 0 atom stereocenters. The molecule has 0 fully saturated rings. The highest BCUT2D eigenvalue weighted by Gasteiger charge is 2.24. The zero-order valence-corrected chi connectivity index (χ0v) is 7.84. The molecule has 0 heterocycles. The average molecular weight is 235 g/mol. The Morgan fingerprint density at radius 3 is 2.75 bits per heavy atom. The summed E-state index contributed by atoms with van der Waals surface area (Å²) in [5, 5.41) is 0. The van der Waals surface area contributed by atoms with Gasteiger partial charge in [-0.05, 0) is 28.1 Å². The first-order valence-corrected chi connectivity index (χ1v) is 3.91. The second kappa shape index (κ2) is 3.62. The third-order valence-corrected chi connectivity index (χ3v) is 1.93. The lowest BCUT2D eigenvalue weighted by atomic mass is 10.3. The summed E-state index contributed by atoms with van der Waals surface area (Å²) in [6.07, 6.45) is 0. The van der Waals surface area contributed by atoms with Gasteiger partial charge in [-0.15, -0.1) is 0 Å². The van der Waals surface area contributed by atoms with E-state index in [2.05, 4.69) is 20.8 Å². The normalized spacial score (nSPS) is 9.58. The molecule has 0 aliphatic rings. The van der Waals surface area contributed by atoms with Gasteiger partial charge < -0.3 is 0 Å². The van der Waals surface area contributed by atoms with Gasteiger partial charge in [-0.1, -0.05) is 6.07 Å². The van der Waals surface area contributed by atoms with Gasteiger partial charge in [-0.25, -0.2) is 4.84 Å². The summed E-state index contributed by atoms with van der Waals surface area (Å²) in [7, 11) is 1.17. The van der Waals surface area contributed by atoms with Crippen LogP contribution in [-0.4, -0.2) is 12.0 Å². The molecule has 1 rings (SSSR count). The molecule has 0 radical (unpaired) electrons. The van der Waals surface area contributed by atoms with Crippen molar-refractivity contribution >= 4 is 21.6 Å². The van der Waals surface area contributed by atoms with E-state index in [1.807, 2.05) is 0 Å². The first-order chi connectivity index (χ1) is 5.66. The summed E-state index contributed by atoms with van der Waals surface area (Å²) in [4.78, 5) is 15.3. The number of halogens is 2. The Hall–Kier alpha value is -0.970. The van der Waals surface area contributed by atoms with Crippen molar-refractivity contribution in [3.63, 3.8) is 0 Å². The van der Waals surface area contributed by atoms with Crippen LogP contribution in [0.5, 0.6) is 0 Å². The number of hydrogen-bond donors (Lipinski definition) is 0. The fraction of sp³-hybridized carbons (Fsp3) is 0.143. The SMILES string of the molecule is CO[N+](=O)c1c(F)cccc1Br. The molecule has 0 unspecified atom stereocenters. The van der Waals surface area contributed by atoms with Crippen molar-refractivity contribution in [2.45, 2.75) is 0 Å². The van der Waals surface area contributed by atoms with Crippen molar-refractivity contribution in [2.75, 3.05) is 7.11 Å². The van der Waals surface area contributed by atoms with E-state index in [9.17, 15) is 9.30 Å². The molecule has 0 aromatic heterocycles. The second-order valence-electron chi connectivity index (χ2n) is 2.01. The van der Waals surface area contributed by atoms with Gasteiger partial charge in [-0.3, -0.25) is 0 Å². The zero-order chi connectivity index (χ0) is 9.14. The Morgan fingerprint density at radius 1 is 1.58 bits per heavy atom. The summed E-state index contributed by atoms with van der Waals surface area (Å²) in [5.74, 6) is -0.624. The molecule has 0 saturated heterocycles. The van der Waals surface area contributed by atoms with Crippen molar-refractivity contribution in [1.29, 1.82) is 0 Å². The van der Waals surface area contributed by atoms with Crippen LogP contribution in [0.2, 0.25) is 0 Å². The highest BCUT2D eigenvalue weighted by molar-refractivity contribution is 9.10. The van der Waals surface area contributed by atoms with Gasteiger partial charge >= 0.3 is 5.69 Å². The van der Waals surface area contributed by atoms with Crippen LogP contribution in [-0.2, 0) is 4.84 Å². The van der Waals surface area contributed by atoms with Crippen molar-refractivity contribution < 1.29 is 14.2 Å². The summed E-state index contributed by atoms with van der Waals surface area (Å²) >= 11 is 3.03. The van der Waals surface area contributed by atoms with E-state index in [-0.39, 0.29) is 10.6 Å². The van der Waals surface area contributed by atoms with Crippen LogP contribution in [0.15, 0.2) is 22.7 Å². The summed E-state index contributed by atoms with van der Waals surface area (Å²) < 4.78 is 13.3. The lowest BCUT2D eigenvalue weighted by Crippen LogP contribution is -2.01. The Bertz CT molecular complexity index is 296. The molecule has 64 valence electrons. The highest BCUT2D eigenvalue weighted by atomic mass is 79.9. The Kier molecular flexibility index (Phi) is 2.75. The zero-order valence-electron chi connectivity index (χ0n) is 6.25. The number of rotatable bonds is 2. The predicted molar refractivity (Wildman–Crippen MR) is 44.4 cm³/mol. The molecule has 0 aliphatic heterocycles. The fourth-order valence-electron chi connectivity index (χ4n) is 0.755. The van der Waals surface area contributed by atoms with Gasteiger partial charge in [0.1, 0.15) is 4.47 Å². The van der Waals surface area contributed by atoms with Crippen LogP contribution in [0.4, 0.5) is 10.1 Å². The van der Waals surface area contributed by atoms with Crippen LogP contribution in [0.3, 0.4) is 0 Å². The maximum Gasteiger partial charge on any atom is 0.366 e. The van der Waals surface area contributed by atoms with E-state index in [0.29, 0.717) is 4.47 Å². The minimum Gasteiger partial charge on any atom is -0.230 e. The number of nitrogens with zero attached hydrogens (tertiary/aromatic N) is 1. The summed E-state index contributed by atoms with van der Waals surface area (Å²) in [5.41, 5.74) is -0.153. The first kappa shape index (κ1) is 9.12. The monoisotopic (exact) mass is 234 g/mol. The second-order valence-corrected chi connectivity index (χ2v) is 2.86. The molecule has 3 nitrogen and oxygen atoms in total. The van der Waals surface area contributed by atoms with E-state index in [4.69, 9.17) is 0 Å². The predicted octanol–water partition coefficient (Wildman–Crippen LogP) is 2.56. The van der Waals surface area contributed by atoms with Crippen LogP contribution in [0, 0.1) is 10.7 Å². The Labute approximate surface area is 76.8 Å². The van der Waals surface area contributed by atoms with Crippen LogP contribution in [0.25, 0.3) is 0 Å². The number of para-hydroxylation sites is 1. The molecule has 1 aromatic rings. The molecule has 1 aromatic carbocycles. The molecule has 0 aliphatic carbocycles. The first-order valence-electron chi connectivity index (χ1n) is 3.12. The molecule has 12 heavy (non-hydrogen) atoms. The topological polar surface area (TPSA) is 29.3 Å². The van der Waals surface area contributed by atoms with E-state index in [1.165, 1.54) is 19.2 Å². The number of benzene rings is 1. The molecular weight excluding hydrogens is 229 g/mol. The maximum atomic E-state index is 12.9. The smallest absolute Gasteiger partial charge is 0.230 e. The fourth-order valence-corrected chi connectivity index (χ4v) is 1.24. The summed E-state index contributed by atoms with van der Waals surface area (Å²) in [6.45, 7) is 0. The van der Waals surface area contributed by atoms with Crippen molar-refractivity contribution in [3.05, 3.63) is 33.4 Å². The van der Waals surface area contributed by atoms with Gasteiger partial charge in [0, 0.05) is 0 Å². The highest BCUT2D eigenvalue weighted by Crippen LogP contribution is 2.27. The van der Waals surface area contributed by atoms with Gasteiger partial charge in [-0.2, -0.15) is 4.39 Å². The minimum atomic E-state index is -0.624. The van der Waals surface area contributed by atoms with Crippen molar-refractivity contribution in [3.8, 4) is 0 Å². The van der Waals surface area contributed by atoms with Gasteiger partial charge in [0.2, 0.25) is 5.82 Å². The molecule has 0 amide bonds. The van der Waals surface area contributed by atoms with Crippen LogP contribution < -0.4 is 0 Å². The quantitative estimate of drug-likeness (QED) is 0.737. The average Bonchev–Trinajstić information content (AvgIpc) is 2.03. The molecule has 0 saturated carbocycles. The van der Waals surface area contributed by atoms with E-state index in [1.54, 1.807) is 6.07 Å². The third-order valence-electron chi connectivity index (χ3n) is 1.29. The Balaban J connectivity index is 3.21. The van der Waals surface area contributed by atoms with Gasteiger partial charge in [0.25, 0.3) is 4.92 Å². The molecule has 0 spiro atoms. The van der Waals surface area contributed by atoms with Gasteiger partial charge in [0.15, 0.2) is 7.11 Å². The third kappa shape index (κ3) is 1.61. The lowest BCUT2D eigenvalue weighted by molar-refractivity contribution is -0.738. The van der Waals surface area contributed by atoms with E-state index >= 15 is 0 Å². The van der Waals surface area contributed by atoms with Crippen LogP contribution >= 0.6 is 15.9 Å². The summed E-state index contributed by atoms with van der Waals surface area (Å²) in [6, 6.07) is 4.23. The lowest BCUT2D eigenvalue weighted by Gasteiger charge is -1.92. The minimum absolute atomic E-state index is 0.111. The van der Waals surface area contributed by atoms with E-state index < -0.39 is 5.82 Å². The van der Waals surface area contributed by atoms with Crippen molar-refractivity contribution in [1.82, 2.24) is 0 Å². The standard InChI is InChI=1S/C7H6BrFNO2/c1-12-10(11)7-5(8)3-2-4-6(7)9/h2-4H,1H3/q+1. The van der Waals surface area contributed by atoms with E-state index in [0.717, 1.165) is 0 Å². The Morgan fingerprint density at radius 2 is 2.25 bits per heavy atom. The van der Waals surface area contributed by atoms with Crippen LogP contribution in [0.1, 0.15) is 0 Å². The largest absolute Gasteiger partial charge is 0.366 e. The molecule has 0 N–H and O–H groups in total. The molecule has 0 bridgehead atoms. The number of hydrogen-bond acceptors (Lipinski definition) is 2. The molecular formula is C7H6BrFNO2+.